The Kier molecular flexibility index (Phi) is 6.39. The summed E-state index contributed by atoms with van der Waals surface area (Å²) in [7, 11) is 0. The number of para-hydroxylation sites is 2. The monoisotopic (exact) mass is 538 g/mol. The van der Waals surface area contributed by atoms with Crippen molar-refractivity contribution in [1.29, 1.82) is 0 Å². The standard InChI is InChI=1S/C25H20Br2N2O2/c1-25(2,21-13-19(15-23(26)28-21)30-17-9-5-3-6-10-17)22-14-20(16-24(27)29-22)31-18-11-7-4-8-12-18/h3-16H,1-2H3. The molecule has 0 radical (unpaired) electrons. The summed E-state index contributed by atoms with van der Waals surface area (Å²) >= 11 is 7.04. The van der Waals surface area contributed by atoms with Crippen LogP contribution >= 0.6 is 31.9 Å². The summed E-state index contributed by atoms with van der Waals surface area (Å²) < 4.78 is 13.5. The number of rotatable bonds is 6. The zero-order valence-electron chi connectivity index (χ0n) is 17.0. The number of nitrogens with zero attached hydrogens (tertiary/aromatic N) is 2. The molecule has 4 rings (SSSR count). The molecule has 2 heterocycles. The van der Waals surface area contributed by atoms with Crippen molar-refractivity contribution < 1.29 is 9.47 Å². The molecule has 4 aromatic rings. The van der Waals surface area contributed by atoms with Crippen LogP contribution in [0.25, 0.3) is 0 Å². The lowest BCUT2D eigenvalue weighted by Crippen LogP contribution is -2.22. The fourth-order valence-corrected chi connectivity index (χ4v) is 3.92. The molecule has 0 saturated carbocycles. The second-order valence-electron chi connectivity index (χ2n) is 7.48. The largest absolute Gasteiger partial charge is 0.457 e. The minimum Gasteiger partial charge on any atom is -0.457 e. The van der Waals surface area contributed by atoms with Crippen LogP contribution in [0.4, 0.5) is 0 Å². The van der Waals surface area contributed by atoms with E-state index in [1.54, 1.807) is 0 Å². The third-order valence-corrected chi connectivity index (χ3v) is 5.59. The lowest BCUT2D eigenvalue weighted by Gasteiger charge is -2.25. The van der Waals surface area contributed by atoms with Gasteiger partial charge in [-0.1, -0.05) is 36.4 Å². The molecule has 0 fully saturated rings. The lowest BCUT2D eigenvalue weighted by molar-refractivity contribution is 0.472. The van der Waals surface area contributed by atoms with Crippen molar-refractivity contribution in [3.63, 3.8) is 0 Å². The van der Waals surface area contributed by atoms with Crippen molar-refractivity contribution in [2.45, 2.75) is 19.3 Å². The zero-order chi connectivity index (χ0) is 21.8. The second kappa shape index (κ2) is 9.20. The summed E-state index contributed by atoms with van der Waals surface area (Å²) in [6.45, 7) is 4.16. The Morgan fingerprint density at radius 1 is 0.581 bits per heavy atom. The van der Waals surface area contributed by atoms with E-state index in [9.17, 15) is 0 Å². The van der Waals surface area contributed by atoms with Gasteiger partial charge in [0.1, 0.15) is 32.2 Å². The number of pyridine rings is 2. The van der Waals surface area contributed by atoms with Crippen molar-refractivity contribution in [2.24, 2.45) is 0 Å². The molecule has 0 unspecified atom stereocenters. The summed E-state index contributed by atoms with van der Waals surface area (Å²) in [5.74, 6) is 2.94. The Morgan fingerprint density at radius 2 is 0.968 bits per heavy atom. The van der Waals surface area contributed by atoms with Gasteiger partial charge >= 0.3 is 0 Å². The van der Waals surface area contributed by atoms with Crippen LogP contribution in [-0.2, 0) is 5.41 Å². The van der Waals surface area contributed by atoms with Crippen molar-refractivity contribution in [1.82, 2.24) is 9.97 Å². The third-order valence-electron chi connectivity index (χ3n) is 4.77. The quantitative estimate of drug-likeness (QED) is 0.233. The highest BCUT2D eigenvalue weighted by molar-refractivity contribution is 9.10. The fraction of sp³-hybridized carbons (Fsp3) is 0.120. The van der Waals surface area contributed by atoms with Gasteiger partial charge in [0, 0.05) is 29.7 Å². The molecule has 0 aliphatic heterocycles. The van der Waals surface area contributed by atoms with Crippen molar-refractivity contribution in [2.75, 3.05) is 0 Å². The Morgan fingerprint density at radius 3 is 1.35 bits per heavy atom. The average molecular weight is 540 g/mol. The Hall–Kier alpha value is -2.70. The van der Waals surface area contributed by atoms with Gasteiger partial charge in [0.25, 0.3) is 0 Å². The molecule has 0 saturated heterocycles. The first-order chi connectivity index (χ1) is 14.9. The van der Waals surface area contributed by atoms with Gasteiger partial charge in [-0.2, -0.15) is 0 Å². The van der Waals surface area contributed by atoms with E-state index in [-0.39, 0.29) is 0 Å². The van der Waals surface area contributed by atoms with E-state index in [4.69, 9.17) is 19.4 Å². The first-order valence-corrected chi connectivity index (χ1v) is 11.3. The molecule has 6 heteroatoms. The van der Waals surface area contributed by atoms with Gasteiger partial charge in [-0.15, -0.1) is 0 Å². The van der Waals surface area contributed by atoms with Gasteiger partial charge in [-0.05, 0) is 70.0 Å². The van der Waals surface area contributed by atoms with Gasteiger partial charge in [-0.25, -0.2) is 9.97 Å². The van der Waals surface area contributed by atoms with Crippen molar-refractivity contribution in [3.8, 4) is 23.0 Å². The molecule has 0 bridgehead atoms. The first-order valence-electron chi connectivity index (χ1n) is 9.72. The van der Waals surface area contributed by atoms with Crippen LogP contribution in [-0.4, -0.2) is 9.97 Å². The lowest BCUT2D eigenvalue weighted by atomic mass is 9.84. The van der Waals surface area contributed by atoms with Gasteiger partial charge in [0.2, 0.25) is 0 Å². The Bertz CT molecular complexity index is 1090. The van der Waals surface area contributed by atoms with Crippen LogP contribution in [0.5, 0.6) is 23.0 Å². The predicted octanol–water partition coefficient (Wildman–Crippen LogP) is 7.91. The number of hydrogen-bond donors (Lipinski definition) is 0. The molecule has 2 aromatic heterocycles. The summed E-state index contributed by atoms with van der Waals surface area (Å²) in [6.07, 6.45) is 0. The van der Waals surface area contributed by atoms with Crippen molar-refractivity contribution >= 4 is 31.9 Å². The van der Waals surface area contributed by atoms with Crippen LogP contribution in [0.3, 0.4) is 0 Å². The molecule has 0 amide bonds. The van der Waals surface area contributed by atoms with E-state index < -0.39 is 5.41 Å². The van der Waals surface area contributed by atoms with E-state index in [0.29, 0.717) is 20.7 Å². The molecule has 31 heavy (non-hydrogen) atoms. The average Bonchev–Trinajstić information content (AvgIpc) is 2.74. The SMILES string of the molecule is CC(C)(c1cc(Oc2ccccc2)cc(Br)n1)c1cc(Oc2ccccc2)cc(Br)n1. The minimum absolute atomic E-state index is 0.503. The molecule has 4 nitrogen and oxygen atoms in total. The normalized spacial score (nSPS) is 11.2. The summed E-state index contributed by atoms with van der Waals surface area (Å²) in [6, 6.07) is 26.9. The van der Waals surface area contributed by atoms with Gasteiger partial charge in [0.15, 0.2) is 0 Å². The number of benzene rings is 2. The van der Waals surface area contributed by atoms with Crippen LogP contribution in [0.1, 0.15) is 25.2 Å². The van der Waals surface area contributed by atoms with E-state index in [1.165, 1.54) is 0 Å². The molecular formula is C25H20Br2N2O2. The molecule has 156 valence electrons. The van der Waals surface area contributed by atoms with Crippen LogP contribution in [0.2, 0.25) is 0 Å². The number of halogens is 2. The molecule has 0 aliphatic rings. The first kappa shape index (κ1) is 21.5. The van der Waals surface area contributed by atoms with Gasteiger partial charge < -0.3 is 9.47 Å². The van der Waals surface area contributed by atoms with Crippen LogP contribution < -0.4 is 9.47 Å². The van der Waals surface area contributed by atoms with E-state index in [2.05, 4.69) is 45.7 Å². The summed E-state index contributed by atoms with van der Waals surface area (Å²) in [5, 5.41) is 0. The molecule has 0 spiro atoms. The highest BCUT2D eigenvalue weighted by Crippen LogP contribution is 2.36. The second-order valence-corrected chi connectivity index (χ2v) is 9.10. The smallest absolute Gasteiger partial charge is 0.131 e. The summed E-state index contributed by atoms with van der Waals surface area (Å²) in [4.78, 5) is 9.41. The number of hydrogen-bond acceptors (Lipinski definition) is 4. The van der Waals surface area contributed by atoms with E-state index in [1.807, 2.05) is 84.9 Å². The van der Waals surface area contributed by atoms with E-state index >= 15 is 0 Å². The Balaban J connectivity index is 1.68. The van der Waals surface area contributed by atoms with Gasteiger partial charge in [0.05, 0.1) is 11.4 Å². The summed E-state index contributed by atoms with van der Waals surface area (Å²) in [5.41, 5.74) is 1.14. The highest BCUT2D eigenvalue weighted by atomic mass is 79.9. The molecule has 2 aromatic carbocycles. The van der Waals surface area contributed by atoms with Crippen LogP contribution in [0.15, 0.2) is 94.1 Å². The maximum absolute atomic E-state index is 6.03. The minimum atomic E-state index is -0.503. The zero-order valence-corrected chi connectivity index (χ0v) is 20.2. The molecule has 0 atom stereocenters. The molecule has 0 aliphatic carbocycles. The van der Waals surface area contributed by atoms with Gasteiger partial charge in [-0.3, -0.25) is 0 Å². The third kappa shape index (κ3) is 5.32. The topological polar surface area (TPSA) is 44.2 Å². The molecule has 0 N–H and O–H groups in total. The molecular weight excluding hydrogens is 520 g/mol. The fourth-order valence-electron chi connectivity index (χ4n) is 3.09. The van der Waals surface area contributed by atoms with Crippen molar-refractivity contribution in [3.05, 3.63) is 106 Å². The number of ether oxygens (including phenoxy) is 2. The van der Waals surface area contributed by atoms with Crippen LogP contribution in [0, 0.1) is 0 Å². The number of aromatic nitrogens is 2. The maximum Gasteiger partial charge on any atom is 0.131 e. The Labute approximate surface area is 198 Å². The van der Waals surface area contributed by atoms with E-state index in [0.717, 1.165) is 22.9 Å². The predicted molar refractivity (Wildman–Crippen MR) is 129 cm³/mol. The highest BCUT2D eigenvalue weighted by Gasteiger charge is 2.29. The maximum atomic E-state index is 6.03.